The van der Waals surface area contributed by atoms with Crippen LogP contribution in [0.3, 0.4) is 0 Å². The molecule has 0 aliphatic rings. The standard InChI is InChI=1S/C8H16N2O4/c1-8(5-11,3-6(12)13)4-10-7(14)9-2/h11H,3-5H2,1-2H3,(H,12,13)(H2,9,10,14). The van der Waals surface area contributed by atoms with E-state index in [1.165, 1.54) is 7.05 Å². The Morgan fingerprint density at radius 3 is 2.36 bits per heavy atom. The number of carbonyl (C=O) groups is 2. The van der Waals surface area contributed by atoms with Crippen molar-refractivity contribution in [2.75, 3.05) is 20.2 Å². The third-order valence-corrected chi connectivity index (χ3v) is 1.86. The topological polar surface area (TPSA) is 98.7 Å². The van der Waals surface area contributed by atoms with Gasteiger partial charge >= 0.3 is 12.0 Å². The summed E-state index contributed by atoms with van der Waals surface area (Å²) in [5.74, 6) is -1.000. The van der Waals surface area contributed by atoms with Crippen LogP contribution in [0.25, 0.3) is 0 Å². The maximum atomic E-state index is 10.8. The van der Waals surface area contributed by atoms with Crippen LogP contribution in [0, 0.1) is 5.41 Å². The normalized spacial score (nSPS) is 14.2. The lowest BCUT2D eigenvalue weighted by atomic mass is 9.88. The Balaban J connectivity index is 4.11. The van der Waals surface area contributed by atoms with Crippen molar-refractivity contribution in [2.45, 2.75) is 13.3 Å². The zero-order chi connectivity index (χ0) is 11.2. The number of carbonyl (C=O) groups excluding carboxylic acids is 1. The molecule has 0 rings (SSSR count). The van der Waals surface area contributed by atoms with Gasteiger partial charge in [0, 0.05) is 19.0 Å². The fourth-order valence-corrected chi connectivity index (χ4v) is 0.921. The molecule has 82 valence electrons. The second-order valence-corrected chi connectivity index (χ2v) is 3.47. The molecule has 4 N–H and O–H groups in total. The first kappa shape index (κ1) is 12.7. The minimum Gasteiger partial charge on any atom is -0.481 e. The number of aliphatic hydroxyl groups is 1. The molecule has 0 aliphatic heterocycles. The fourth-order valence-electron chi connectivity index (χ4n) is 0.921. The highest BCUT2D eigenvalue weighted by atomic mass is 16.4. The van der Waals surface area contributed by atoms with Gasteiger partial charge in [-0.1, -0.05) is 6.92 Å². The molecule has 0 bridgehead atoms. The summed E-state index contributed by atoms with van der Waals surface area (Å²) in [6.07, 6.45) is -0.187. The lowest BCUT2D eigenvalue weighted by Crippen LogP contribution is -2.42. The van der Waals surface area contributed by atoms with Gasteiger partial charge in [-0.05, 0) is 0 Å². The highest BCUT2D eigenvalue weighted by molar-refractivity contribution is 5.73. The van der Waals surface area contributed by atoms with Crippen molar-refractivity contribution < 1.29 is 19.8 Å². The van der Waals surface area contributed by atoms with Crippen LogP contribution in [0.1, 0.15) is 13.3 Å². The molecule has 0 spiro atoms. The summed E-state index contributed by atoms with van der Waals surface area (Å²) in [5.41, 5.74) is -0.821. The van der Waals surface area contributed by atoms with Crippen molar-refractivity contribution in [2.24, 2.45) is 5.41 Å². The maximum Gasteiger partial charge on any atom is 0.314 e. The van der Waals surface area contributed by atoms with Gasteiger partial charge in [-0.2, -0.15) is 0 Å². The van der Waals surface area contributed by atoms with Crippen molar-refractivity contribution in [3.05, 3.63) is 0 Å². The van der Waals surface area contributed by atoms with Crippen LogP contribution in [-0.2, 0) is 4.79 Å². The van der Waals surface area contributed by atoms with Crippen LogP contribution in [0.2, 0.25) is 0 Å². The molecular weight excluding hydrogens is 188 g/mol. The van der Waals surface area contributed by atoms with E-state index in [0.29, 0.717) is 0 Å². The number of rotatable bonds is 5. The van der Waals surface area contributed by atoms with Gasteiger partial charge in [0.25, 0.3) is 0 Å². The van der Waals surface area contributed by atoms with Gasteiger partial charge in [-0.25, -0.2) is 4.79 Å². The van der Waals surface area contributed by atoms with Gasteiger partial charge in [0.15, 0.2) is 0 Å². The number of carboxylic acids is 1. The average Bonchev–Trinajstić information content (AvgIpc) is 2.13. The Labute approximate surface area is 82.3 Å². The lowest BCUT2D eigenvalue weighted by molar-refractivity contribution is -0.140. The molecule has 0 aromatic carbocycles. The number of amides is 2. The van der Waals surface area contributed by atoms with E-state index < -0.39 is 17.4 Å². The predicted molar refractivity (Wildman–Crippen MR) is 49.9 cm³/mol. The first-order valence-corrected chi connectivity index (χ1v) is 4.22. The van der Waals surface area contributed by atoms with E-state index in [9.17, 15) is 9.59 Å². The summed E-state index contributed by atoms with van der Waals surface area (Å²) in [6.45, 7) is 1.43. The monoisotopic (exact) mass is 204 g/mol. The minimum atomic E-state index is -1.000. The molecule has 14 heavy (non-hydrogen) atoms. The molecule has 0 radical (unpaired) electrons. The van der Waals surface area contributed by atoms with E-state index in [2.05, 4.69) is 10.6 Å². The second-order valence-electron chi connectivity index (χ2n) is 3.47. The largest absolute Gasteiger partial charge is 0.481 e. The quantitative estimate of drug-likeness (QED) is 0.480. The van der Waals surface area contributed by atoms with E-state index in [0.717, 1.165) is 0 Å². The Kier molecular flexibility index (Phi) is 4.93. The van der Waals surface area contributed by atoms with Crippen molar-refractivity contribution in [1.29, 1.82) is 0 Å². The van der Waals surface area contributed by atoms with Crippen LogP contribution < -0.4 is 10.6 Å². The van der Waals surface area contributed by atoms with Gasteiger partial charge in [0.2, 0.25) is 0 Å². The third-order valence-electron chi connectivity index (χ3n) is 1.86. The van der Waals surface area contributed by atoms with Gasteiger partial charge < -0.3 is 20.8 Å². The van der Waals surface area contributed by atoms with Crippen LogP contribution in [0.15, 0.2) is 0 Å². The number of aliphatic hydroxyl groups excluding tert-OH is 1. The van der Waals surface area contributed by atoms with E-state index in [-0.39, 0.29) is 19.6 Å². The maximum absolute atomic E-state index is 10.8. The molecule has 1 atom stereocenters. The lowest BCUT2D eigenvalue weighted by Gasteiger charge is -2.25. The van der Waals surface area contributed by atoms with Crippen LogP contribution in [-0.4, -0.2) is 42.4 Å². The smallest absolute Gasteiger partial charge is 0.314 e. The zero-order valence-electron chi connectivity index (χ0n) is 8.33. The summed E-state index contributed by atoms with van der Waals surface area (Å²) in [7, 11) is 1.46. The summed E-state index contributed by atoms with van der Waals surface area (Å²) in [5, 5.41) is 22.3. The Hall–Kier alpha value is -1.30. The molecule has 0 aromatic heterocycles. The molecule has 0 saturated carbocycles. The Morgan fingerprint density at radius 2 is 2.00 bits per heavy atom. The van der Waals surface area contributed by atoms with Crippen LogP contribution in [0.5, 0.6) is 0 Å². The molecular formula is C8H16N2O4. The second kappa shape index (κ2) is 5.43. The van der Waals surface area contributed by atoms with Gasteiger partial charge in [0.05, 0.1) is 13.0 Å². The first-order valence-electron chi connectivity index (χ1n) is 4.22. The van der Waals surface area contributed by atoms with Crippen molar-refractivity contribution in [1.82, 2.24) is 10.6 Å². The average molecular weight is 204 g/mol. The predicted octanol–water partition coefficient (Wildman–Crippen LogP) is -0.611. The molecule has 0 aromatic rings. The number of aliphatic carboxylic acids is 1. The fraction of sp³-hybridized carbons (Fsp3) is 0.750. The highest BCUT2D eigenvalue weighted by Gasteiger charge is 2.27. The minimum absolute atomic E-state index is 0.121. The number of urea groups is 1. The summed E-state index contributed by atoms with van der Waals surface area (Å²) in [6, 6.07) is -0.393. The number of hydrogen-bond donors (Lipinski definition) is 4. The highest BCUT2D eigenvalue weighted by Crippen LogP contribution is 2.18. The summed E-state index contributed by atoms with van der Waals surface area (Å²) < 4.78 is 0. The number of nitrogens with one attached hydrogen (secondary N) is 2. The SMILES string of the molecule is CNC(=O)NCC(C)(CO)CC(=O)O. The number of hydrogen-bond acceptors (Lipinski definition) is 3. The Bertz CT molecular complexity index is 219. The molecule has 6 heteroatoms. The van der Waals surface area contributed by atoms with E-state index in [1.54, 1.807) is 6.92 Å². The molecule has 0 heterocycles. The van der Waals surface area contributed by atoms with Gasteiger partial charge in [-0.3, -0.25) is 4.79 Å². The first-order chi connectivity index (χ1) is 6.43. The molecule has 1 unspecified atom stereocenters. The van der Waals surface area contributed by atoms with Gasteiger partial charge in [0.1, 0.15) is 0 Å². The van der Waals surface area contributed by atoms with Crippen molar-refractivity contribution in [3.63, 3.8) is 0 Å². The molecule has 0 saturated heterocycles. The zero-order valence-corrected chi connectivity index (χ0v) is 8.33. The van der Waals surface area contributed by atoms with Crippen LogP contribution in [0.4, 0.5) is 4.79 Å². The van der Waals surface area contributed by atoms with E-state index >= 15 is 0 Å². The van der Waals surface area contributed by atoms with E-state index in [1.807, 2.05) is 0 Å². The summed E-state index contributed by atoms with van der Waals surface area (Å²) >= 11 is 0. The molecule has 6 nitrogen and oxygen atoms in total. The van der Waals surface area contributed by atoms with E-state index in [4.69, 9.17) is 10.2 Å². The molecule has 2 amide bonds. The van der Waals surface area contributed by atoms with Crippen molar-refractivity contribution in [3.8, 4) is 0 Å². The molecule has 0 aliphatic carbocycles. The Morgan fingerprint density at radius 1 is 1.43 bits per heavy atom. The van der Waals surface area contributed by atoms with Crippen LogP contribution >= 0.6 is 0 Å². The molecule has 0 fully saturated rings. The van der Waals surface area contributed by atoms with Gasteiger partial charge in [-0.15, -0.1) is 0 Å². The number of carboxylic acid groups (broad SMARTS) is 1. The third kappa shape index (κ3) is 4.66. The summed E-state index contributed by atoms with van der Waals surface area (Å²) in [4.78, 5) is 21.3. The van der Waals surface area contributed by atoms with Crippen molar-refractivity contribution >= 4 is 12.0 Å².